The van der Waals surface area contributed by atoms with Gasteiger partial charge in [0.15, 0.2) is 0 Å². The number of halogens is 1. The number of amides is 2. The highest BCUT2D eigenvalue weighted by Gasteiger charge is 2.12. The maximum Gasteiger partial charge on any atom is 0.329 e. The van der Waals surface area contributed by atoms with E-state index in [9.17, 15) is 9.59 Å². The number of hydrazone groups is 1. The van der Waals surface area contributed by atoms with E-state index in [2.05, 4.69) is 31.8 Å². The average Bonchev–Trinajstić information content (AvgIpc) is 2.74. The minimum Gasteiger partial charge on any atom is -0.489 e. The molecule has 2 amide bonds. The number of carbonyl (C=O) groups excluding carboxylic acids is 2. The largest absolute Gasteiger partial charge is 0.489 e. The van der Waals surface area contributed by atoms with E-state index in [1.807, 2.05) is 61.5 Å². The smallest absolute Gasteiger partial charge is 0.329 e. The Balaban J connectivity index is 1.46. The number of benzene rings is 3. The SMILES string of the molecule is Cc1ccc(COc2ccc(/C=N/NC(=O)C(=O)Nc3cccc(Br)c3)cc2)cc1. The van der Waals surface area contributed by atoms with Gasteiger partial charge in [-0.25, -0.2) is 5.43 Å². The van der Waals surface area contributed by atoms with Gasteiger partial charge in [0.1, 0.15) is 12.4 Å². The first kappa shape index (κ1) is 21.3. The Bertz CT molecular complexity index is 1050. The fourth-order valence-electron chi connectivity index (χ4n) is 2.47. The Morgan fingerprint density at radius 1 is 1.00 bits per heavy atom. The molecule has 0 spiro atoms. The minimum atomic E-state index is -0.857. The molecule has 3 rings (SSSR count). The van der Waals surface area contributed by atoms with Gasteiger partial charge in [0.05, 0.1) is 6.21 Å². The summed E-state index contributed by atoms with van der Waals surface area (Å²) in [6.07, 6.45) is 1.45. The number of hydrogen-bond acceptors (Lipinski definition) is 4. The van der Waals surface area contributed by atoms with E-state index in [1.54, 1.807) is 18.2 Å². The van der Waals surface area contributed by atoms with Crippen LogP contribution in [0.2, 0.25) is 0 Å². The fourth-order valence-corrected chi connectivity index (χ4v) is 2.87. The molecule has 0 atom stereocenters. The molecule has 6 nitrogen and oxygen atoms in total. The third kappa shape index (κ3) is 6.56. The minimum absolute atomic E-state index is 0.483. The van der Waals surface area contributed by atoms with Gasteiger partial charge in [-0.15, -0.1) is 0 Å². The molecule has 0 aliphatic heterocycles. The molecule has 0 radical (unpaired) electrons. The number of anilines is 1. The van der Waals surface area contributed by atoms with Gasteiger partial charge in [0, 0.05) is 10.2 Å². The van der Waals surface area contributed by atoms with Gasteiger partial charge in [-0.3, -0.25) is 9.59 Å². The monoisotopic (exact) mass is 465 g/mol. The Morgan fingerprint density at radius 2 is 1.73 bits per heavy atom. The summed E-state index contributed by atoms with van der Waals surface area (Å²) in [5.74, 6) is -0.931. The molecule has 2 N–H and O–H groups in total. The van der Waals surface area contributed by atoms with E-state index in [1.165, 1.54) is 11.8 Å². The summed E-state index contributed by atoms with van der Waals surface area (Å²) in [6.45, 7) is 2.53. The summed E-state index contributed by atoms with van der Waals surface area (Å²) in [4.78, 5) is 23.7. The first-order valence-corrected chi connectivity index (χ1v) is 9.97. The summed E-state index contributed by atoms with van der Waals surface area (Å²) < 4.78 is 6.55. The lowest BCUT2D eigenvalue weighted by atomic mass is 10.2. The summed E-state index contributed by atoms with van der Waals surface area (Å²) >= 11 is 3.30. The van der Waals surface area contributed by atoms with Crippen molar-refractivity contribution in [2.24, 2.45) is 5.10 Å². The third-order valence-electron chi connectivity index (χ3n) is 4.07. The predicted molar refractivity (Wildman–Crippen MR) is 120 cm³/mol. The Morgan fingerprint density at radius 3 is 2.43 bits per heavy atom. The molecule has 3 aromatic carbocycles. The first-order chi connectivity index (χ1) is 14.5. The Kier molecular flexibility index (Phi) is 7.34. The third-order valence-corrected chi connectivity index (χ3v) is 4.57. The standard InChI is InChI=1S/C23H20BrN3O3/c1-16-5-7-18(8-6-16)15-30-21-11-9-17(10-12-21)14-25-27-23(29)22(28)26-20-4-2-3-19(24)13-20/h2-14H,15H2,1H3,(H,26,28)(H,27,29)/b25-14+. The van der Waals surface area contributed by atoms with Crippen molar-refractivity contribution in [3.8, 4) is 5.75 Å². The molecule has 0 fully saturated rings. The molecule has 0 saturated heterocycles. The van der Waals surface area contributed by atoms with Crippen LogP contribution in [0.25, 0.3) is 0 Å². The van der Waals surface area contributed by atoms with Crippen molar-refractivity contribution in [2.45, 2.75) is 13.5 Å². The van der Waals surface area contributed by atoms with E-state index < -0.39 is 11.8 Å². The van der Waals surface area contributed by atoms with Crippen LogP contribution in [-0.4, -0.2) is 18.0 Å². The molecule has 0 unspecified atom stereocenters. The molecule has 0 aliphatic carbocycles. The van der Waals surface area contributed by atoms with Crippen molar-refractivity contribution in [3.63, 3.8) is 0 Å². The van der Waals surface area contributed by atoms with Crippen molar-refractivity contribution in [1.29, 1.82) is 0 Å². The predicted octanol–water partition coefficient (Wildman–Crippen LogP) is 4.43. The summed E-state index contributed by atoms with van der Waals surface area (Å²) in [5.41, 5.74) is 5.77. The number of rotatable bonds is 6. The van der Waals surface area contributed by atoms with E-state index in [0.717, 1.165) is 21.3 Å². The zero-order valence-corrected chi connectivity index (χ0v) is 17.8. The van der Waals surface area contributed by atoms with Crippen LogP contribution in [0, 0.1) is 6.92 Å². The van der Waals surface area contributed by atoms with Crippen molar-refractivity contribution >= 4 is 39.6 Å². The van der Waals surface area contributed by atoms with Gasteiger partial charge in [-0.1, -0.05) is 51.8 Å². The van der Waals surface area contributed by atoms with E-state index >= 15 is 0 Å². The van der Waals surface area contributed by atoms with Gasteiger partial charge in [0.25, 0.3) is 0 Å². The lowest BCUT2D eigenvalue weighted by Gasteiger charge is -2.07. The van der Waals surface area contributed by atoms with Crippen LogP contribution >= 0.6 is 15.9 Å². The number of nitrogens with zero attached hydrogens (tertiary/aromatic N) is 1. The molecule has 0 saturated carbocycles. The van der Waals surface area contributed by atoms with Gasteiger partial charge < -0.3 is 10.1 Å². The molecule has 3 aromatic rings. The highest BCUT2D eigenvalue weighted by atomic mass is 79.9. The second-order valence-corrected chi connectivity index (χ2v) is 7.42. The molecule has 0 heterocycles. The van der Waals surface area contributed by atoms with Crippen LogP contribution in [-0.2, 0) is 16.2 Å². The molecule has 152 valence electrons. The molecule has 30 heavy (non-hydrogen) atoms. The number of nitrogens with one attached hydrogen (secondary N) is 2. The quantitative estimate of drug-likeness (QED) is 0.321. The first-order valence-electron chi connectivity index (χ1n) is 9.18. The topological polar surface area (TPSA) is 79.8 Å². The van der Waals surface area contributed by atoms with Crippen LogP contribution in [0.4, 0.5) is 5.69 Å². The van der Waals surface area contributed by atoms with Crippen LogP contribution in [0.5, 0.6) is 5.75 Å². The van der Waals surface area contributed by atoms with Crippen molar-refractivity contribution in [3.05, 3.63) is 94.0 Å². The molecule has 7 heteroatoms. The Hall–Kier alpha value is -3.45. The van der Waals surface area contributed by atoms with Crippen LogP contribution < -0.4 is 15.5 Å². The zero-order valence-electron chi connectivity index (χ0n) is 16.3. The molecule has 0 aliphatic rings. The maximum atomic E-state index is 11.9. The second-order valence-electron chi connectivity index (χ2n) is 6.51. The van der Waals surface area contributed by atoms with Crippen molar-refractivity contribution in [1.82, 2.24) is 5.43 Å². The number of carbonyl (C=O) groups is 2. The normalized spacial score (nSPS) is 10.6. The number of ether oxygens (including phenoxy) is 1. The van der Waals surface area contributed by atoms with E-state index in [-0.39, 0.29) is 0 Å². The van der Waals surface area contributed by atoms with Gasteiger partial charge in [0.2, 0.25) is 0 Å². The molecular formula is C23H20BrN3O3. The zero-order chi connectivity index (χ0) is 21.3. The van der Waals surface area contributed by atoms with Crippen LogP contribution in [0.15, 0.2) is 82.4 Å². The van der Waals surface area contributed by atoms with Crippen LogP contribution in [0.3, 0.4) is 0 Å². The van der Waals surface area contributed by atoms with Crippen LogP contribution in [0.1, 0.15) is 16.7 Å². The second kappa shape index (κ2) is 10.4. The lowest BCUT2D eigenvalue weighted by Crippen LogP contribution is -2.32. The number of hydrogen-bond donors (Lipinski definition) is 2. The lowest BCUT2D eigenvalue weighted by molar-refractivity contribution is -0.136. The van der Waals surface area contributed by atoms with Gasteiger partial charge in [-0.2, -0.15) is 5.10 Å². The summed E-state index contributed by atoms with van der Waals surface area (Å²) in [5, 5.41) is 6.32. The van der Waals surface area contributed by atoms with Gasteiger partial charge >= 0.3 is 11.8 Å². The Labute approximate surface area is 183 Å². The van der Waals surface area contributed by atoms with E-state index in [0.29, 0.717) is 12.3 Å². The molecule has 0 bridgehead atoms. The summed E-state index contributed by atoms with van der Waals surface area (Å²) in [6, 6.07) is 22.4. The fraction of sp³-hybridized carbons (Fsp3) is 0.0870. The molecule has 0 aromatic heterocycles. The van der Waals surface area contributed by atoms with E-state index in [4.69, 9.17) is 4.74 Å². The highest BCUT2D eigenvalue weighted by molar-refractivity contribution is 9.10. The molecular weight excluding hydrogens is 446 g/mol. The van der Waals surface area contributed by atoms with Crippen molar-refractivity contribution < 1.29 is 14.3 Å². The van der Waals surface area contributed by atoms with Gasteiger partial charge in [-0.05, 0) is 60.5 Å². The average molecular weight is 466 g/mol. The number of aryl methyl sites for hydroxylation is 1. The highest BCUT2D eigenvalue weighted by Crippen LogP contribution is 2.16. The van der Waals surface area contributed by atoms with Crippen molar-refractivity contribution in [2.75, 3.05) is 5.32 Å². The maximum absolute atomic E-state index is 11.9. The summed E-state index contributed by atoms with van der Waals surface area (Å²) in [7, 11) is 0.